The quantitative estimate of drug-likeness (QED) is 0.796. The smallest absolute Gasteiger partial charge is 0.119 e. The molecule has 0 aliphatic rings. The predicted molar refractivity (Wildman–Crippen MR) is 79.3 cm³/mol. The van der Waals surface area contributed by atoms with Crippen LogP contribution in [0.4, 0.5) is 0 Å². The summed E-state index contributed by atoms with van der Waals surface area (Å²) in [5.41, 5.74) is 0. The van der Waals surface area contributed by atoms with Gasteiger partial charge in [0.1, 0.15) is 12.4 Å². The molecule has 2 rings (SSSR count). The molecule has 2 aromatic rings. The van der Waals surface area contributed by atoms with Crippen LogP contribution in [-0.4, -0.2) is 28.7 Å². The van der Waals surface area contributed by atoms with Gasteiger partial charge >= 0.3 is 0 Å². The number of nitrogens with one attached hydrogen (secondary N) is 1. The van der Waals surface area contributed by atoms with Gasteiger partial charge in [-0.2, -0.15) is 0 Å². The van der Waals surface area contributed by atoms with Crippen molar-refractivity contribution >= 4 is 15.9 Å². The van der Waals surface area contributed by atoms with E-state index in [-0.39, 0.29) is 0 Å². The van der Waals surface area contributed by atoms with E-state index in [4.69, 9.17) is 4.74 Å². The molecule has 0 spiro atoms. The van der Waals surface area contributed by atoms with Crippen LogP contribution in [0.15, 0.2) is 47.5 Å². The Morgan fingerprint density at radius 3 is 2.84 bits per heavy atom. The lowest BCUT2D eigenvalue weighted by Gasteiger charge is -2.14. The topological polar surface area (TPSA) is 39.1 Å². The molecule has 0 fully saturated rings. The molecule has 102 valence electrons. The highest BCUT2D eigenvalue weighted by Crippen LogP contribution is 2.15. The second kappa shape index (κ2) is 7.31. The summed E-state index contributed by atoms with van der Waals surface area (Å²) in [5.74, 6) is 0.896. The maximum atomic E-state index is 5.64. The molecule has 0 saturated carbocycles. The van der Waals surface area contributed by atoms with Gasteiger partial charge in [0, 0.05) is 36.0 Å². The molecule has 1 atom stereocenters. The standard InChI is InChI=1S/C14H18BrN3O/c1-12(10-18-8-6-16-11-18)17-7-9-19-14-4-2-13(15)3-5-14/h2-6,8,11-12,17H,7,9-10H2,1H3. The fraction of sp³-hybridized carbons (Fsp3) is 0.357. The van der Waals surface area contributed by atoms with E-state index >= 15 is 0 Å². The predicted octanol–water partition coefficient (Wildman–Crippen LogP) is 2.70. The SMILES string of the molecule is CC(Cn1ccnc1)NCCOc1ccc(Br)cc1. The van der Waals surface area contributed by atoms with E-state index in [1.165, 1.54) is 0 Å². The summed E-state index contributed by atoms with van der Waals surface area (Å²) in [6.07, 6.45) is 5.59. The van der Waals surface area contributed by atoms with E-state index in [2.05, 4.69) is 37.7 Å². The van der Waals surface area contributed by atoms with E-state index in [9.17, 15) is 0 Å². The highest BCUT2D eigenvalue weighted by molar-refractivity contribution is 9.10. The molecule has 1 aromatic carbocycles. The van der Waals surface area contributed by atoms with Crippen molar-refractivity contribution in [3.8, 4) is 5.75 Å². The van der Waals surface area contributed by atoms with Crippen molar-refractivity contribution in [1.29, 1.82) is 0 Å². The monoisotopic (exact) mass is 323 g/mol. The van der Waals surface area contributed by atoms with E-state index in [1.807, 2.05) is 36.8 Å². The van der Waals surface area contributed by atoms with Gasteiger partial charge in [0.2, 0.25) is 0 Å². The van der Waals surface area contributed by atoms with Crippen LogP contribution in [0.25, 0.3) is 0 Å². The van der Waals surface area contributed by atoms with Crippen LogP contribution >= 0.6 is 15.9 Å². The van der Waals surface area contributed by atoms with Crippen molar-refractivity contribution in [1.82, 2.24) is 14.9 Å². The van der Waals surface area contributed by atoms with Gasteiger partial charge in [-0.1, -0.05) is 15.9 Å². The van der Waals surface area contributed by atoms with Crippen LogP contribution in [0, 0.1) is 0 Å². The third kappa shape index (κ3) is 5.04. The number of halogens is 1. The molecule has 1 N–H and O–H groups in total. The lowest BCUT2D eigenvalue weighted by Crippen LogP contribution is -2.33. The van der Waals surface area contributed by atoms with Crippen molar-refractivity contribution < 1.29 is 4.74 Å². The van der Waals surface area contributed by atoms with Gasteiger partial charge < -0.3 is 14.6 Å². The minimum atomic E-state index is 0.391. The van der Waals surface area contributed by atoms with Crippen LogP contribution < -0.4 is 10.1 Å². The van der Waals surface area contributed by atoms with E-state index in [1.54, 1.807) is 6.20 Å². The normalized spacial score (nSPS) is 12.3. The summed E-state index contributed by atoms with van der Waals surface area (Å²) in [6.45, 7) is 4.56. The molecule has 0 amide bonds. The Labute approximate surface area is 121 Å². The van der Waals surface area contributed by atoms with Crippen molar-refractivity contribution in [2.75, 3.05) is 13.2 Å². The zero-order chi connectivity index (χ0) is 13.5. The molecule has 1 unspecified atom stereocenters. The number of aromatic nitrogens is 2. The first-order valence-corrected chi connectivity index (χ1v) is 7.11. The Morgan fingerprint density at radius 1 is 1.37 bits per heavy atom. The van der Waals surface area contributed by atoms with Gasteiger partial charge in [0.15, 0.2) is 0 Å². The summed E-state index contributed by atoms with van der Waals surface area (Å²) in [6, 6.07) is 8.26. The lowest BCUT2D eigenvalue weighted by atomic mass is 10.3. The summed E-state index contributed by atoms with van der Waals surface area (Å²) < 4.78 is 8.77. The largest absolute Gasteiger partial charge is 0.492 e. The lowest BCUT2D eigenvalue weighted by molar-refractivity contribution is 0.303. The number of ether oxygens (including phenoxy) is 1. The second-order valence-electron chi connectivity index (χ2n) is 4.42. The van der Waals surface area contributed by atoms with Crippen LogP contribution in [-0.2, 0) is 6.54 Å². The van der Waals surface area contributed by atoms with E-state index in [0.717, 1.165) is 23.3 Å². The molecule has 0 saturated heterocycles. The van der Waals surface area contributed by atoms with Crippen LogP contribution in [0.1, 0.15) is 6.92 Å². The number of nitrogens with zero attached hydrogens (tertiary/aromatic N) is 2. The van der Waals surface area contributed by atoms with Crippen molar-refractivity contribution in [2.24, 2.45) is 0 Å². The third-order valence-corrected chi connectivity index (χ3v) is 3.25. The highest BCUT2D eigenvalue weighted by Gasteiger charge is 2.01. The molecular weight excluding hydrogens is 306 g/mol. The summed E-state index contributed by atoms with van der Waals surface area (Å²) in [5, 5.41) is 3.42. The Hall–Kier alpha value is -1.33. The zero-order valence-electron chi connectivity index (χ0n) is 10.9. The van der Waals surface area contributed by atoms with Crippen LogP contribution in [0.2, 0.25) is 0 Å². The minimum Gasteiger partial charge on any atom is -0.492 e. The van der Waals surface area contributed by atoms with Crippen LogP contribution in [0.3, 0.4) is 0 Å². The highest BCUT2D eigenvalue weighted by atomic mass is 79.9. The van der Waals surface area contributed by atoms with Gasteiger partial charge in [-0.15, -0.1) is 0 Å². The van der Waals surface area contributed by atoms with Gasteiger partial charge in [-0.05, 0) is 31.2 Å². The Morgan fingerprint density at radius 2 is 2.16 bits per heavy atom. The molecule has 19 heavy (non-hydrogen) atoms. The maximum Gasteiger partial charge on any atom is 0.119 e. The Balaban J connectivity index is 1.62. The Bertz CT molecular complexity index is 470. The summed E-state index contributed by atoms with van der Waals surface area (Å²) >= 11 is 3.40. The van der Waals surface area contributed by atoms with E-state index in [0.29, 0.717) is 12.6 Å². The fourth-order valence-corrected chi connectivity index (χ4v) is 2.04. The number of benzene rings is 1. The van der Waals surface area contributed by atoms with E-state index < -0.39 is 0 Å². The average Bonchev–Trinajstić information content (AvgIpc) is 2.89. The summed E-state index contributed by atoms with van der Waals surface area (Å²) in [4.78, 5) is 4.03. The maximum absolute atomic E-state index is 5.64. The third-order valence-electron chi connectivity index (χ3n) is 2.72. The molecule has 4 nitrogen and oxygen atoms in total. The van der Waals surface area contributed by atoms with Crippen molar-refractivity contribution in [2.45, 2.75) is 19.5 Å². The second-order valence-corrected chi connectivity index (χ2v) is 5.33. The summed E-state index contributed by atoms with van der Waals surface area (Å²) in [7, 11) is 0. The van der Waals surface area contributed by atoms with Gasteiger partial charge in [0.25, 0.3) is 0 Å². The molecule has 0 aliphatic carbocycles. The fourth-order valence-electron chi connectivity index (χ4n) is 1.78. The molecule has 0 radical (unpaired) electrons. The molecule has 1 aromatic heterocycles. The number of imidazole rings is 1. The average molecular weight is 324 g/mol. The van der Waals surface area contributed by atoms with Crippen molar-refractivity contribution in [3.05, 3.63) is 47.5 Å². The number of hydrogen-bond donors (Lipinski definition) is 1. The molecule has 0 bridgehead atoms. The molecule has 0 aliphatic heterocycles. The first-order valence-electron chi connectivity index (χ1n) is 6.31. The van der Waals surface area contributed by atoms with Gasteiger partial charge in [-0.25, -0.2) is 4.98 Å². The van der Waals surface area contributed by atoms with Crippen LogP contribution in [0.5, 0.6) is 5.75 Å². The zero-order valence-corrected chi connectivity index (χ0v) is 12.5. The number of hydrogen-bond acceptors (Lipinski definition) is 3. The first kappa shape index (κ1) is 14.1. The molecular formula is C14H18BrN3O. The Kier molecular flexibility index (Phi) is 5.42. The minimum absolute atomic E-state index is 0.391. The molecule has 1 heterocycles. The molecule has 5 heteroatoms. The number of rotatable bonds is 7. The van der Waals surface area contributed by atoms with Gasteiger partial charge in [0.05, 0.1) is 6.33 Å². The van der Waals surface area contributed by atoms with Crippen molar-refractivity contribution in [3.63, 3.8) is 0 Å². The van der Waals surface area contributed by atoms with Gasteiger partial charge in [-0.3, -0.25) is 0 Å². The first-order chi connectivity index (χ1) is 9.24.